The number of thiophene rings is 6. The second-order valence-corrected chi connectivity index (χ2v) is 42.6. The number of carboxylic acid groups (broad SMARTS) is 2. The Balaban J connectivity index is 0.781. The summed E-state index contributed by atoms with van der Waals surface area (Å²) in [5.74, 6) is -2.28. The van der Waals surface area contributed by atoms with Gasteiger partial charge in [-0.3, -0.25) is 9.59 Å². The number of carbonyl (C=O) groups is 4. The van der Waals surface area contributed by atoms with Gasteiger partial charge in [-0.2, -0.15) is 0 Å². The van der Waals surface area contributed by atoms with E-state index >= 15 is 9.59 Å². The van der Waals surface area contributed by atoms with Crippen molar-refractivity contribution in [3.63, 3.8) is 0 Å². The van der Waals surface area contributed by atoms with Crippen molar-refractivity contribution >= 4 is 158 Å². The number of carbonyl (C=O) groups excluding carboxylic acids is 2. The molecule has 15 aromatic rings. The number of para-hydroxylation sites is 1. The third-order valence-electron chi connectivity index (χ3n) is 26.4. The molecule has 0 atom stereocenters. The third kappa shape index (κ3) is 19.3. The smallest absolute Gasteiger partial charge is 0.335 e. The first-order valence-electron chi connectivity index (χ1n) is 48.0. The van der Waals surface area contributed by atoms with E-state index in [2.05, 4.69) is 225 Å². The minimum absolute atomic E-state index is 0.108. The molecule has 6 aromatic heterocycles. The maximum absolute atomic E-state index is 15.3. The van der Waals surface area contributed by atoms with Crippen molar-refractivity contribution in [2.75, 3.05) is 9.80 Å². The first-order chi connectivity index (χ1) is 62.4. The van der Waals surface area contributed by atoms with Crippen molar-refractivity contribution in [2.45, 2.75) is 274 Å². The van der Waals surface area contributed by atoms with E-state index < -0.39 is 11.9 Å². The summed E-state index contributed by atoms with van der Waals surface area (Å²) in [5, 5.41) is 28.3. The second kappa shape index (κ2) is 42.1. The zero-order valence-electron chi connectivity index (χ0n) is 76.6. The van der Waals surface area contributed by atoms with Crippen molar-refractivity contribution in [3.05, 3.63) is 249 Å². The number of nitrogens with zero attached hydrogens (tertiary/aromatic N) is 2. The molecule has 16 rings (SSSR count). The standard InChI is InChI=1S/C114H124N2O6S6/c1-11-17-23-29-37-76-66-96(124-105(76)92-62-59-89-91-61-64-94-103-93(63-60-90(102(91)103)87-45-36-46-88(92)101(87)89)111(117)116(112(94)118)104-85(71(7)8)43-35-44-86(104)72(9)10)107-78(39-31-25-19-13-3)68-98(126-107)109-80(41-33-27-21-15-5)70-100(128-109)110-81(42-34-28-22-16-6)69-99(127-110)108-79(40-32-26-20-14-4)67-97(125-108)106-77(38-30-24-18-12-2)65-95(123-106)73-47-53-82(54-48-73)115(83-55-49-74(50-56-83)113(119)120)84-57-51-75(52-58-84)114(121)122/h35-36,43-72H,11-34,37-42H2,1-10H3,(H,119,120)(H,121,122). The van der Waals surface area contributed by atoms with Crippen LogP contribution < -0.4 is 9.80 Å². The molecule has 0 saturated carbocycles. The van der Waals surface area contributed by atoms with Gasteiger partial charge in [-0.15, -0.1) is 68.0 Å². The largest absolute Gasteiger partial charge is 0.478 e. The van der Waals surface area contributed by atoms with Crippen LogP contribution in [-0.2, 0) is 38.5 Å². The zero-order chi connectivity index (χ0) is 89.2. The van der Waals surface area contributed by atoms with Crippen LogP contribution in [0.4, 0.5) is 22.7 Å². The van der Waals surface area contributed by atoms with Crippen LogP contribution in [0.1, 0.15) is 321 Å². The molecule has 9 aromatic carbocycles. The lowest BCUT2D eigenvalue weighted by Gasteiger charge is -2.32. The van der Waals surface area contributed by atoms with Gasteiger partial charge >= 0.3 is 11.9 Å². The average molecular weight is 1810 g/mol. The Bertz CT molecular complexity index is 6280. The molecule has 1 aliphatic rings. The van der Waals surface area contributed by atoms with Gasteiger partial charge in [-0.05, 0) is 291 Å². The van der Waals surface area contributed by atoms with E-state index in [9.17, 15) is 19.8 Å². The Hall–Kier alpha value is -9.64. The molecule has 2 N–H and O–H groups in total. The highest BCUT2D eigenvalue weighted by atomic mass is 32.1. The van der Waals surface area contributed by atoms with Crippen LogP contribution in [-0.4, -0.2) is 34.0 Å². The van der Waals surface area contributed by atoms with Crippen LogP contribution in [0.3, 0.4) is 0 Å². The number of hydrogen-bond donors (Lipinski definition) is 2. The number of aromatic carboxylic acids is 2. The summed E-state index contributed by atoms with van der Waals surface area (Å²) in [6.07, 6.45) is 35.0. The number of rotatable bonds is 45. The van der Waals surface area contributed by atoms with E-state index in [1.165, 1.54) is 242 Å². The summed E-state index contributed by atoms with van der Waals surface area (Å²) in [4.78, 5) is 74.9. The van der Waals surface area contributed by atoms with Crippen LogP contribution in [0.5, 0.6) is 0 Å². The number of fused-ring (bicyclic) bond motifs is 2. The summed E-state index contributed by atoms with van der Waals surface area (Å²) >= 11 is 12.2. The number of aryl methyl sites for hydroxylation is 6. The number of imide groups is 1. The normalized spacial score (nSPS) is 12.4. The van der Waals surface area contributed by atoms with Gasteiger partial charge in [0.25, 0.3) is 11.8 Å². The highest BCUT2D eigenvalue weighted by Gasteiger charge is 2.39. The topological polar surface area (TPSA) is 115 Å². The van der Waals surface area contributed by atoms with Crippen molar-refractivity contribution in [1.29, 1.82) is 0 Å². The Morgan fingerprint density at radius 3 is 0.938 bits per heavy atom. The molecule has 0 fully saturated rings. The van der Waals surface area contributed by atoms with Gasteiger partial charge in [0.05, 0.1) is 16.8 Å². The monoisotopic (exact) mass is 1810 g/mol. The molecule has 2 amide bonds. The second-order valence-electron chi connectivity index (χ2n) is 36.2. The lowest BCUT2D eigenvalue weighted by atomic mass is 9.83. The predicted molar refractivity (Wildman–Crippen MR) is 554 cm³/mol. The van der Waals surface area contributed by atoms with Gasteiger partial charge in [0.1, 0.15) is 0 Å². The number of amides is 2. The van der Waals surface area contributed by atoms with Gasteiger partial charge in [-0.1, -0.05) is 258 Å². The Morgan fingerprint density at radius 2 is 0.594 bits per heavy atom. The average Bonchev–Trinajstić information content (AvgIpc) is 0.879. The highest BCUT2D eigenvalue weighted by molar-refractivity contribution is 7.31. The van der Waals surface area contributed by atoms with Crippen LogP contribution in [0.2, 0.25) is 0 Å². The van der Waals surface area contributed by atoms with Crippen LogP contribution in [0, 0.1) is 0 Å². The summed E-state index contributed by atoms with van der Waals surface area (Å²) in [5.41, 5.74) is 17.9. The van der Waals surface area contributed by atoms with Crippen LogP contribution in [0.15, 0.2) is 182 Å². The first kappa shape index (κ1) is 91.7. The first-order valence-corrected chi connectivity index (χ1v) is 52.9. The van der Waals surface area contributed by atoms with Gasteiger partial charge in [0.2, 0.25) is 0 Å². The minimum atomic E-state index is -0.993. The Labute approximate surface area is 782 Å². The SMILES string of the molecule is CCCCCCc1cc(-c2ccc(N(c3ccc(C(=O)O)cc3)c3ccc(C(=O)O)cc3)cc2)sc1-c1cc(CCCCCC)c(-c2cc(CCCCCC)c(-c3cc(CCCCCC)c(-c4cc(CCCCCC)c(-c5cc(CCCCCC)c(-c6ccc7c8ccc9c%10c(ccc(c%11cccc6c%117)c%108)C(=O)N(c6c(C(C)C)cccc6C(C)C)C9=O)s5)s4)s3)s2)s1. The molecule has 0 spiro atoms. The molecule has 0 saturated heterocycles. The lowest BCUT2D eigenvalue weighted by molar-refractivity contribution is 0.0686. The van der Waals surface area contributed by atoms with Gasteiger partial charge in [0, 0.05) is 92.1 Å². The van der Waals surface area contributed by atoms with Crippen LogP contribution in [0.25, 0.3) is 113 Å². The van der Waals surface area contributed by atoms with Crippen LogP contribution >= 0.6 is 68.0 Å². The molecular formula is C114H124N2O6S6. The predicted octanol–water partition coefficient (Wildman–Crippen LogP) is 36.4. The van der Waals surface area contributed by atoms with Crippen molar-refractivity contribution in [2.24, 2.45) is 0 Å². The molecule has 0 radical (unpaired) electrons. The van der Waals surface area contributed by atoms with Gasteiger partial charge < -0.3 is 15.1 Å². The molecule has 0 bridgehead atoms. The Morgan fingerprint density at radius 1 is 0.305 bits per heavy atom. The van der Waals surface area contributed by atoms with E-state index in [1.54, 1.807) is 24.3 Å². The fourth-order valence-electron chi connectivity index (χ4n) is 19.5. The summed E-state index contributed by atoms with van der Waals surface area (Å²) < 4.78 is 0. The molecule has 0 unspecified atom stereocenters. The number of unbranched alkanes of at least 4 members (excludes halogenated alkanes) is 18. The van der Waals surface area contributed by atoms with Gasteiger partial charge in [-0.25, -0.2) is 14.5 Å². The number of hydrogen-bond acceptors (Lipinski definition) is 11. The fourth-order valence-corrected chi connectivity index (χ4v) is 27.5. The molecule has 0 aliphatic carbocycles. The molecule has 128 heavy (non-hydrogen) atoms. The molecule has 1 aliphatic heterocycles. The Kier molecular flexibility index (Phi) is 30.1. The fraction of sp³-hybridized carbons (Fsp3) is 0.368. The number of carboxylic acids is 2. The van der Waals surface area contributed by atoms with Crippen molar-refractivity contribution < 1.29 is 29.4 Å². The summed E-state index contributed by atoms with van der Waals surface area (Å²) in [7, 11) is 0. The lowest BCUT2D eigenvalue weighted by Crippen LogP contribution is -2.41. The highest BCUT2D eigenvalue weighted by Crippen LogP contribution is 2.56. The molecule has 14 heteroatoms. The number of benzene rings is 9. The van der Waals surface area contributed by atoms with E-state index in [1.807, 2.05) is 75.3 Å². The summed E-state index contributed by atoms with van der Waals surface area (Å²) in [6.45, 7) is 22.5. The van der Waals surface area contributed by atoms with Crippen molar-refractivity contribution in [1.82, 2.24) is 0 Å². The van der Waals surface area contributed by atoms with E-state index in [-0.39, 0.29) is 34.8 Å². The molecule has 7 heterocycles. The quantitative estimate of drug-likeness (QED) is 0.0169. The van der Waals surface area contributed by atoms with Gasteiger partial charge in [0.15, 0.2) is 0 Å². The minimum Gasteiger partial charge on any atom is -0.478 e. The molecule has 662 valence electrons. The van der Waals surface area contributed by atoms with Crippen molar-refractivity contribution in [3.8, 4) is 69.7 Å². The molecule has 8 nitrogen and oxygen atoms in total. The maximum atomic E-state index is 15.3. The third-order valence-corrected chi connectivity index (χ3v) is 34.4. The molecular weight excluding hydrogens is 1690 g/mol. The van der Waals surface area contributed by atoms with E-state index in [0.29, 0.717) is 11.1 Å². The maximum Gasteiger partial charge on any atom is 0.335 e. The summed E-state index contributed by atoms with van der Waals surface area (Å²) in [6, 6.07) is 64.2. The zero-order valence-corrected chi connectivity index (χ0v) is 81.5. The van der Waals surface area contributed by atoms with E-state index in [4.69, 9.17) is 0 Å². The number of anilines is 4. The van der Waals surface area contributed by atoms with E-state index in [0.717, 1.165) is 136 Å².